The molecular formula is C14H22ClN3O3S. The standard InChI is InChI=1S/C14H21N3O3S.ClH/c1-17(21(19,20)13-7-3-2-4-8-13)11-14(18)16-10-12-6-5-9-15-12;/h2-4,7-8,12,15H,5-6,9-11H2,1H3,(H,16,18);1H. The molecule has 1 heterocycles. The van der Waals surface area contributed by atoms with Crippen molar-refractivity contribution in [3.05, 3.63) is 30.3 Å². The number of carbonyl (C=O) groups excluding carboxylic acids is 1. The summed E-state index contributed by atoms with van der Waals surface area (Å²) >= 11 is 0. The molecule has 1 fully saturated rings. The minimum atomic E-state index is -3.61. The van der Waals surface area contributed by atoms with Gasteiger partial charge in [-0.3, -0.25) is 4.79 Å². The van der Waals surface area contributed by atoms with Gasteiger partial charge in [-0.25, -0.2) is 8.42 Å². The molecule has 1 unspecified atom stereocenters. The second-order valence-corrected chi connectivity index (χ2v) is 7.22. The van der Waals surface area contributed by atoms with E-state index in [0.29, 0.717) is 12.6 Å². The summed E-state index contributed by atoms with van der Waals surface area (Å²) in [4.78, 5) is 12.0. The molecule has 0 radical (unpaired) electrons. The van der Waals surface area contributed by atoms with Gasteiger partial charge in [0.1, 0.15) is 0 Å². The van der Waals surface area contributed by atoms with Crippen LogP contribution in [0, 0.1) is 0 Å². The first kappa shape index (κ1) is 18.9. The van der Waals surface area contributed by atoms with Gasteiger partial charge in [0, 0.05) is 19.6 Å². The van der Waals surface area contributed by atoms with E-state index in [2.05, 4.69) is 10.6 Å². The molecule has 8 heteroatoms. The third-order valence-corrected chi connectivity index (χ3v) is 5.34. The first-order valence-electron chi connectivity index (χ1n) is 7.01. The summed E-state index contributed by atoms with van der Waals surface area (Å²) in [6.45, 7) is 1.34. The number of halogens is 1. The number of hydrogen-bond donors (Lipinski definition) is 2. The second kappa shape index (κ2) is 8.47. The first-order chi connectivity index (χ1) is 10.00. The summed E-state index contributed by atoms with van der Waals surface area (Å²) in [6, 6.07) is 8.41. The SMILES string of the molecule is CN(CC(=O)NCC1CCCN1)S(=O)(=O)c1ccccc1.Cl. The van der Waals surface area contributed by atoms with Crippen LogP contribution in [0.4, 0.5) is 0 Å². The highest BCUT2D eigenvalue weighted by Gasteiger charge is 2.23. The highest BCUT2D eigenvalue weighted by atomic mass is 35.5. The molecule has 1 aliphatic heterocycles. The number of sulfonamides is 1. The van der Waals surface area contributed by atoms with Gasteiger partial charge in [-0.05, 0) is 31.5 Å². The summed E-state index contributed by atoms with van der Waals surface area (Å²) < 4.78 is 25.6. The monoisotopic (exact) mass is 347 g/mol. The minimum absolute atomic E-state index is 0. The Morgan fingerprint density at radius 2 is 2.05 bits per heavy atom. The first-order valence-corrected chi connectivity index (χ1v) is 8.45. The van der Waals surface area contributed by atoms with Crippen molar-refractivity contribution in [3.8, 4) is 0 Å². The van der Waals surface area contributed by atoms with Crippen LogP contribution in [0.15, 0.2) is 35.2 Å². The number of nitrogens with one attached hydrogen (secondary N) is 2. The van der Waals surface area contributed by atoms with Crippen molar-refractivity contribution >= 4 is 28.3 Å². The summed E-state index contributed by atoms with van der Waals surface area (Å²) in [5.74, 6) is -0.286. The highest BCUT2D eigenvalue weighted by Crippen LogP contribution is 2.12. The fourth-order valence-electron chi connectivity index (χ4n) is 2.28. The van der Waals surface area contributed by atoms with Crippen LogP contribution in [0.2, 0.25) is 0 Å². The van der Waals surface area contributed by atoms with Crippen molar-refractivity contribution in [1.29, 1.82) is 0 Å². The molecule has 1 saturated heterocycles. The molecule has 0 spiro atoms. The average Bonchev–Trinajstić information content (AvgIpc) is 2.99. The molecule has 0 bridgehead atoms. The number of carbonyl (C=O) groups is 1. The lowest BCUT2D eigenvalue weighted by atomic mass is 10.2. The molecule has 6 nitrogen and oxygen atoms in total. The van der Waals surface area contributed by atoms with Crippen molar-refractivity contribution in [2.45, 2.75) is 23.8 Å². The molecule has 2 rings (SSSR count). The Hall–Kier alpha value is -1.15. The van der Waals surface area contributed by atoms with Gasteiger partial charge < -0.3 is 10.6 Å². The van der Waals surface area contributed by atoms with E-state index in [1.54, 1.807) is 18.2 Å². The molecule has 1 amide bonds. The number of benzene rings is 1. The molecule has 1 atom stereocenters. The van der Waals surface area contributed by atoms with Crippen molar-refractivity contribution in [1.82, 2.24) is 14.9 Å². The van der Waals surface area contributed by atoms with Gasteiger partial charge in [0.15, 0.2) is 0 Å². The Morgan fingerprint density at radius 3 is 2.64 bits per heavy atom. The zero-order valence-electron chi connectivity index (χ0n) is 12.5. The molecule has 1 aliphatic rings. The third kappa shape index (κ3) is 4.95. The van der Waals surface area contributed by atoms with E-state index >= 15 is 0 Å². The summed E-state index contributed by atoms with van der Waals surface area (Å²) in [6.07, 6.45) is 2.15. The quantitative estimate of drug-likeness (QED) is 0.789. The van der Waals surface area contributed by atoms with Crippen molar-refractivity contribution in [2.75, 3.05) is 26.7 Å². The third-order valence-electron chi connectivity index (χ3n) is 3.53. The number of likely N-dealkylation sites (N-methyl/N-ethyl adjacent to an activating group) is 1. The van der Waals surface area contributed by atoms with Gasteiger partial charge in [0.2, 0.25) is 15.9 Å². The van der Waals surface area contributed by atoms with Crippen LogP contribution >= 0.6 is 12.4 Å². The van der Waals surface area contributed by atoms with Crippen LogP contribution in [0.5, 0.6) is 0 Å². The molecule has 0 saturated carbocycles. The van der Waals surface area contributed by atoms with Crippen molar-refractivity contribution in [2.24, 2.45) is 0 Å². The zero-order chi connectivity index (χ0) is 15.3. The lowest BCUT2D eigenvalue weighted by molar-refractivity contribution is -0.121. The molecular weight excluding hydrogens is 326 g/mol. The lowest BCUT2D eigenvalue weighted by Gasteiger charge is -2.18. The Bertz CT molecular complexity index is 574. The van der Waals surface area contributed by atoms with E-state index in [1.807, 2.05) is 0 Å². The van der Waals surface area contributed by atoms with Gasteiger partial charge >= 0.3 is 0 Å². The van der Waals surface area contributed by atoms with E-state index in [4.69, 9.17) is 0 Å². The Morgan fingerprint density at radius 1 is 1.36 bits per heavy atom. The topological polar surface area (TPSA) is 78.5 Å². The van der Waals surface area contributed by atoms with Crippen molar-refractivity contribution in [3.63, 3.8) is 0 Å². The van der Waals surface area contributed by atoms with Gasteiger partial charge in [-0.15, -0.1) is 12.4 Å². The van der Waals surface area contributed by atoms with E-state index in [-0.39, 0.29) is 29.8 Å². The fourth-order valence-corrected chi connectivity index (χ4v) is 3.43. The molecule has 0 aliphatic carbocycles. The number of amides is 1. The Kier molecular flexibility index (Phi) is 7.28. The maximum Gasteiger partial charge on any atom is 0.243 e. The largest absolute Gasteiger partial charge is 0.353 e. The van der Waals surface area contributed by atoms with E-state index in [1.165, 1.54) is 19.2 Å². The molecule has 2 N–H and O–H groups in total. The number of nitrogens with zero attached hydrogens (tertiary/aromatic N) is 1. The normalized spacial score (nSPS) is 18.0. The zero-order valence-corrected chi connectivity index (χ0v) is 14.1. The Labute approximate surface area is 137 Å². The van der Waals surface area contributed by atoms with E-state index in [0.717, 1.165) is 23.7 Å². The maximum atomic E-state index is 12.3. The van der Waals surface area contributed by atoms with Crippen LogP contribution in [0.25, 0.3) is 0 Å². The predicted octanol–water partition coefficient (Wildman–Crippen LogP) is 0.597. The van der Waals surface area contributed by atoms with Crippen LogP contribution < -0.4 is 10.6 Å². The lowest BCUT2D eigenvalue weighted by Crippen LogP contribution is -2.42. The average molecular weight is 348 g/mol. The molecule has 1 aromatic carbocycles. The maximum absolute atomic E-state index is 12.3. The van der Waals surface area contributed by atoms with Crippen molar-refractivity contribution < 1.29 is 13.2 Å². The van der Waals surface area contributed by atoms with Gasteiger partial charge in [-0.2, -0.15) is 4.31 Å². The molecule has 22 heavy (non-hydrogen) atoms. The highest BCUT2D eigenvalue weighted by molar-refractivity contribution is 7.89. The summed E-state index contributed by atoms with van der Waals surface area (Å²) in [7, 11) is -2.20. The van der Waals surface area contributed by atoms with E-state index in [9.17, 15) is 13.2 Å². The van der Waals surface area contributed by atoms with Crippen LogP contribution in [0.1, 0.15) is 12.8 Å². The van der Waals surface area contributed by atoms with Crippen LogP contribution in [-0.4, -0.2) is 51.4 Å². The summed E-state index contributed by atoms with van der Waals surface area (Å²) in [5, 5.41) is 6.05. The minimum Gasteiger partial charge on any atom is -0.353 e. The predicted molar refractivity (Wildman–Crippen MR) is 87.5 cm³/mol. The summed E-state index contributed by atoms with van der Waals surface area (Å²) in [5.41, 5.74) is 0. The smallest absolute Gasteiger partial charge is 0.243 e. The van der Waals surface area contributed by atoms with Gasteiger partial charge in [0.25, 0.3) is 0 Å². The van der Waals surface area contributed by atoms with Crippen LogP contribution in [0.3, 0.4) is 0 Å². The molecule has 124 valence electrons. The van der Waals surface area contributed by atoms with E-state index < -0.39 is 10.0 Å². The van der Waals surface area contributed by atoms with Crippen LogP contribution in [-0.2, 0) is 14.8 Å². The molecule has 1 aromatic rings. The number of rotatable bonds is 6. The number of hydrogen-bond acceptors (Lipinski definition) is 4. The second-order valence-electron chi connectivity index (χ2n) is 5.17. The fraction of sp³-hybridized carbons (Fsp3) is 0.500. The Balaban J connectivity index is 0.00000242. The van der Waals surface area contributed by atoms with Gasteiger partial charge in [-0.1, -0.05) is 18.2 Å². The molecule has 0 aromatic heterocycles. The van der Waals surface area contributed by atoms with Gasteiger partial charge in [0.05, 0.1) is 11.4 Å².